The highest BCUT2D eigenvalue weighted by molar-refractivity contribution is 6.04. The van der Waals surface area contributed by atoms with Crippen molar-refractivity contribution in [1.82, 2.24) is 19.9 Å². The first kappa shape index (κ1) is 21.5. The minimum Gasteiger partial charge on any atom is -0.338 e. The third kappa shape index (κ3) is 4.80. The fourth-order valence-corrected chi connectivity index (χ4v) is 3.88. The van der Waals surface area contributed by atoms with Crippen LogP contribution >= 0.6 is 0 Å². The van der Waals surface area contributed by atoms with Crippen molar-refractivity contribution in [3.8, 4) is 0 Å². The van der Waals surface area contributed by atoms with Crippen molar-refractivity contribution in [2.45, 2.75) is 32.6 Å². The molecule has 8 heteroatoms. The minimum atomic E-state index is -0.362. The standard InChI is InChI=1S/C24H24FN5O2/c1-15-21(13-26-16(2)28-15)24(32)30-11-3-4-18(14-30)22-10-5-17(12-27-22)23(31)29-20-8-6-19(25)7-9-20/h5-10,12-13,18H,3-4,11,14H2,1-2H3,(H,29,31)/t18-/m0/s1. The summed E-state index contributed by atoms with van der Waals surface area (Å²) in [6, 6.07) is 9.14. The van der Waals surface area contributed by atoms with Crippen LogP contribution in [0.25, 0.3) is 0 Å². The Hall–Kier alpha value is -3.68. The molecule has 0 radical (unpaired) electrons. The van der Waals surface area contributed by atoms with E-state index in [1.165, 1.54) is 30.5 Å². The predicted octanol–water partition coefficient (Wildman–Crippen LogP) is 3.90. The van der Waals surface area contributed by atoms with Gasteiger partial charge in [0, 0.05) is 42.8 Å². The van der Waals surface area contributed by atoms with E-state index in [-0.39, 0.29) is 23.5 Å². The Balaban J connectivity index is 1.42. The maximum Gasteiger partial charge on any atom is 0.257 e. The zero-order valence-corrected chi connectivity index (χ0v) is 18.0. The lowest BCUT2D eigenvalue weighted by Crippen LogP contribution is -2.39. The average molecular weight is 433 g/mol. The second kappa shape index (κ2) is 9.21. The summed E-state index contributed by atoms with van der Waals surface area (Å²) in [6.45, 7) is 4.86. The normalized spacial score (nSPS) is 16.0. The molecule has 1 N–H and O–H groups in total. The van der Waals surface area contributed by atoms with Gasteiger partial charge in [-0.2, -0.15) is 0 Å². The van der Waals surface area contributed by atoms with Gasteiger partial charge in [0.05, 0.1) is 16.8 Å². The van der Waals surface area contributed by atoms with Gasteiger partial charge in [0.2, 0.25) is 0 Å². The Bertz CT molecular complexity index is 1130. The molecule has 1 aromatic carbocycles. The lowest BCUT2D eigenvalue weighted by atomic mass is 9.93. The number of aromatic nitrogens is 3. The first-order chi connectivity index (χ1) is 15.4. The van der Waals surface area contributed by atoms with Gasteiger partial charge in [-0.1, -0.05) is 0 Å². The van der Waals surface area contributed by atoms with E-state index in [1.807, 2.05) is 17.9 Å². The van der Waals surface area contributed by atoms with Crippen molar-refractivity contribution < 1.29 is 14.0 Å². The molecular weight excluding hydrogens is 409 g/mol. The molecule has 2 aromatic heterocycles. The number of amides is 2. The molecule has 1 saturated heterocycles. The number of anilines is 1. The van der Waals surface area contributed by atoms with Crippen molar-refractivity contribution in [1.29, 1.82) is 0 Å². The van der Waals surface area contributed by atoms with E-state index >= 15 is 0 Å². The van der Waals surface area contributed by atoms with Gasteiger partial charge in [0.25, 0.3) is 11.8 Å². The number of halogens is 1. The number of piperidine rings is 1. The summed E-state index contributed by atoms with van der Waals surface area (Å²) in [6.07, 6.45) is 4.92. The second-order valence-corrected chi connectivity index (χ2v) is 7.94. The summed E-state index contributed by atoms with van der Waals surface area (Å²) < 4.78 is 13.0. The zero-order chi connectivity index (χ0) is 22.7. The summed E-state index contributed by atoms with van der Waals surface area (Å²) in [5, 5.41) is 2.72. The van der Waals surface area contributed by atoms with Crippen molar-refractivity contribution in [2.75, 3.05) is 18.4 Å². The largest absolute Gasteiger partial charge is 0.338 e. The van der Waals surface area contributed by atoms with Crippen LogP contribution in [0, 0.1) is 19.7 Å². The summed E-state index contributed by atoms with van der Waals surface area (Å²) in [4.78, 5) is 40.2. The average Bonchev–Trinajstić information content (AvgIpc) is 2.80. The van der Waals surface area contributed by atoms with Crippen LogP contribution in [0.1, 0.15) is 56.7 Å². The lowest BCUT2D eigenvalue weighted by Gasteiger charge is -2.32. The number of benzene rings is 1. The number of nitrogens with zero attached hydrogens (tertiary/aromatic N) is 4. The molecule has 3 heterocycles. The van der Waals surface area contributed by atoms with E-state index in [0.717, 1.165) is 18.5 Å². The van der Waals surface area contributed by atoms with E-state index in [1.54, 1.807) is 19.2 Å². The molecule has 4 rings (SSSR count). The molecule has 1 fully saturated rings. The molecule has 3 aromatic rings. The van der Waals surface area contributed by atoms with Crippen LogP contribution in [0.15, 0.2) is 48.8 Å². The van der Waals surface area contributed by atoms with Crippen molar-refractivity contribution in [3.63, 3.8) is 0 Å². The predicted molar refractivity (Wildman–Crippen MR) is 118 cm³/mol. The quantitative estimate of drug-likeness (QED) is 0.674. The second-order valence-electron chi connectivity index (χ2n) is 7.94. The number of carbonyl (C=O) groups excluding carboxylic acids is 2. The Morgan fingerprint density at radius 1 is 1.06 bits per heavy atom. The van der Waals surface area contributed by atoms with E-state index in [9.17, 15) is 14.0 Å². The van der Waals surface area contributed by atoms with Gasteiger partial charge in [0.1, 0.15) is 11.6 Å². The van der Waals surface area contributed by atoms with Gasteiger partial charge in [0.15, 0.2) is 0 Å². The molecule has 1 aliphatic rings. The Labute approximate surface area is 185 Å². The molecule has 164 valence electrons. The molecule has 7 nitrogen and oxygen atoms in total. The molecule has 32 heavy (non-hydrogen) atoms. The number of likely N-dealkylation sites (tertiary alicyclic amines) is 1. The van der Waals surface area contributed by atoms with Crippen molar-refractivity contribution >= 4 is 17.5 Å². The number of pyridine rings is 1. The zero-order valence-electron chi connectivity index (χ0n) is 18.0. The first-order valence-corrected chi connectivity index (χ1v) is 10.5. The summed E-state index contributed by atoms with van der Waals surface area (Å²) in [5.41, 5.74) is 2.97. The highest BCUT2D eigenvalue weighted by Gasteiger charge is 2.27. The molecule has 0 spiro atoms. The summed E-state index contributed by atoms with van der Waals surface area (Å²) >= 11 is 0. The molecular formula is C24H24FN5O2. The van der Waals surface area contributed by atoms with Crippen LogP contribution in [-0.2, 0) is 0 Å². The van der Waals surface area contributed by atoms with E-state index < -0.39 is 0 Å². The molecule has 2 amide bonds. The third-order valence-corrected chi connectivity index (χ3v) is 5.61. The fourth-order valence-electron chi connectivity index (χ4n) is 3.88. The number of carbonyl (C=O) groups is 2. The monoisotopic (exact) mass is 433 g/mol. The SMILES string of the molecule is Cc1ncc(C(=O)N2CCC[C@H](c3ccc(C(=O)Nc4ccc(F)cc4)cn3)C2)c(C)n1. The Morgan fingerprint density at radius 2 is 1.84 bits per heavy atom. The van der Waals surface area contributed by atoms with Gasteiger partial charge in [-0.15, -0.1) is 0 Å². The number of hydrogen-bond donors (Lipinski definition) is 1. The minimum absolute atomic E-state index is 0.0671. The number of rotatable bonds is 4. The topological polar surface area (TPSA) is 88.1 Å². The first-order valence-electron chi connectivity index (χ1n) is 10.5. The van der Waals surface area contributed by atoms with Gasteiger partial charge >= 0.3 is 0 Å². The van der Waals surface area contributed by atoms with Crippen LogP contribution in [-0.4, -0.2) is 44.8 Å². The van der Waals surface area contributed by atoms with Crippen LogP contribution in [0.2, 0.25) is 0 Å². The van der Waals surface area contributed by atoms with E-state index in [2.05, 4.69) is 20.3 Å². The van der Waals surface area contributed by atoms with Crippen molar-refractivity contribution in [2.24, 2.45) is 0 Å². The Morgan fingerprint density at radius 3 is 2.53 bits per heavy atom. The molecule has 1 atom stereocenters. The number of hydrogen-bond acceptors (Lipinski definition) is 5. The molecule has 0 bridgehead atoms. The van der Waals surface area contributed by atoms with Crippen LogP contribution in [0.5, 0.6) is 0 Å². The van der Waals surface area contributed by atoms with Gasteiger partial charge in [-0.3, -0.25) is 14.6 Å². The van der Waals surface area contributed by atoms with Crippen LogP contribution in [0.3, 0.4) is 0 Å². The summed E-state index contributed by atoms with van der Waals surface area (Å²) in [7, 11) is 0. The fraction of sp³-hybridized carbons (Fsp3) is 0.292. The highest BCUT2D eigenvalue weighted by Crippen LogP contribution is 2.27. The Kier molecular flexibility index (Phi) is 6.20. The van der Waals surface area contributed by atoms with E-state index in [0.29, 0.717) is 41.4 Å². The summed E-state index contributed by atoms with van der Waals surface area (Å²) in [5.74, 6) is -0.00977. The van der Waals surface area contributed by atoms with Gasteiger partial charge < -0.3 is 10.2 Å². The van der Waals surface area contributed by atoms with Crippen molar-refractivity contribution in [3.05, 3.63) is 82.9 Å². The van der Waals surface area contributed by atoms with E-state index in [4.69, 9.17) is 0 Å². The molecule has 0 saturated carbocycles. The van der Waals surface area contributed by atoms with Crippen LogP contribution < -0.4 is 5.32 Å². The van der Waals surface area contributed by atoms with Gasteiger partial charge in [-0.05, 0) is 63.1 Å². The maximum absolute atomic E-state index is 13.0. The molecule has 0 unspecified atom stereocenters. The lowest BCUT2D eigenvalue weighted by molar-refractivity contribution is 0.0704. The van der Waals surface area contributed by atoms with Gasteiger partial charge in [-0.25, -0.2) is 14.4 Å². The highest BCUT2D eigenvalue weighted by atomic mass is 19.1. The third-order valence-electron chi connectivity index (χ3n) is 5.61. The molecule has 0 aliphatic carbocycles. The smallest absolute Gasteiger partial charge is 0.257 e. The molecule has 1 aliphatic heterocycles. The number of nitrogens with one attached hydrogen (secondary N) is 1. The van der Waals surface area contributed by atoms with Crippen LogP contribution in [0.4, 0.5) is 10.1 Å². The number of aryl methyl sites for hydroxylation is 2. The maximum atomic E-state index is 13.0.